The highest BCUT2D eigenvalue weighted by Crippen LogP contribution is 2.35. The molecule has 0 spiro atoms. The Morgan fingerprint density at radius 1 is 1.06 bits per heavy atom. The number of anilines is 2. The van der Waals surface area contributed by atoms with Crippen molar-refractivity contribution >= 4 is 29.2 Å². The molecular weight excluding hydrogens is 424 g/mol. The molecule has 3 aromatic rings. The predicted molar refractivity (Wildman–Crippen MR) is 131 cm³/mol. The molecule has 0 saturated carbocycles. The van der Waals surface area contributed by atoms with Crippen LogP contribution in [0, 0.1) is 0 Å². The zero-order valence-corrected chi connectivity index (χ0v) is 19.1. The number of H-pyrrole nitrogens is 1. The standard InChI is InChI=1S/C24H28N4O3S/c1-3-4-15-28-22(25)20(23(30)26-24(28)31)27(2)19(29)16-32-21(17-11-7-5-8-12-17)18-13-9-6-10-14-18/h5-14,21H,3-4,15-16,25H2,1-2H3,(H,26,30,31). The normalized spacial score (nSPS) is 11.0. The van der Waals surface area contributed by atoms with Crippen molar-refractivity contribution in [2.75, 3.05) is 23.4 Å². The fraction of sp³-hybridized carbons (Fsp3) is 0.292. The van der Waals surface area contributed by atoms with Crippen molar-refractivity contribution in [2.45, 2.75) is 31.6 Å². The van der Waals surface area contributed by atoms with Crippen LogP contribution in [0.25, 0.3) is 0 Å². The minimum Gasteiger partial charge on any atom is -0.383 e. The van der Waals surface area contributed by atoms with Crippen LogP contribution in [-0.4, -0.2) is 28.3 Å². The minimum atomic E-state index is -0.663. The highest BCUT2D eigenvalue weighted by atomic mass is 32.2. The number of amides is 1. The van der Waals surface area contributed by atoms with Gasteiger partial charge in [-0.25, -0.2) is 4.79 Å². The summed E-state index contributed by atoms with van der Waals surface area (Å²) in [7, 11) is 1.51. The SMILES string of the molecule is CCCCn1c(N)c(N(C)C(=O)CSC(c2ccccc2)c2ccccc2)c(=O)[nH]c1=O. The Morgan fingerprint density at radius 3 is 2.16 bits per heavy atom. The molecule has 0 bridgehead atoms. The molecule has 0 unspecified atom stereocenters. The number of nitrogens with two attached hydrogens (primary N) is 1. The number of aromatic nitrogens is 2. The molecule has 32 heavy (non-hydrogen) atoms. The van der Waals surface area contributed by atoms with Gasteiger partial charge in [-0.3, -0.25) is 19.1 Å². The van der Waals surface area contributed by atoms with Gasteiger partial charge in [0.2, 0.25) is 5.91 Å². The van der Waals surface area contributed by atoms with Gasteiger partial charge >= 0.3 is 5.69 Å². The maximum atomic E-state index is 13.0. The molecule has 7 nitrogen and oxygen atoms in total. The number of nitrogens with one attached hydrogen (secondary N) is 1. The lowest BCUT2D eigenvalue weighted by molar-refractivity contribution is -0.115. The monoisotopic (exact) mass is 452 g/mol. The summed E-state index contributed by atoms with van der Waals surface area (Å²) in [5, 5.41) is -0.0381. The maximum absolute atomic E-state index is 13.0. The number of unbranched alkanes of at least 4 members (excludes halogenated alkanes) is 1. The average molecular weight is 453 g/mol. The molecular formula is C24H28N4O3S. The van der Waals surface area contributed by atoms with Crippen LogP contribution in [0.3, 0.4) is 0 Å². The van der Waals surface area contributed by atoms with Gasteiger partial charge in [0.05, 0.1) is 11.0 Å². The van der Waals surface area contributed by atoms with Gasteiger partial charge in [0.15, 0.2) is 5.69 Å². The summed E-state index contributed by atoms with van der Waals surface area (Å²) in [5.41, 5.74) is 7.10. The molecule has 1 aromatic heterocycles. The van der Waals surface area contributed by atoms with Gasteiger partial charge in [-0.05, 0) is 17.5 Å². The molecule has 0 saturated heterocycles. The average Bonchev–Trinajstić information content (AvgIpc) is 2.80. The molecule has 0 aliphatic carbocycles. The summed E-state index contributed by atoms with van der Waals surface area (Å²) in [6.45, 7) is 2.38. The zero-order valence-electron chi connectivity index (χ0n) is 18.3. The Labute approximate surface area is 191 Å². The van der Waals surface area contributed by atoms with E-state index < -0.39 is 11.2 Å². The summed E-state index contributed by atoms with van der Waals surface area (Å²) in [4.78, 5) is 41.2. The van der Waals surface area contributed by atoms with E-state index in [-0.39, 0.29) is 28.4 Å². The lowest BCUT2D eigenvalue weighted by atomic mass is 10.0. The Morgan fingerprint density at radius 2 is 1.62 bits per heavy atom. The van der Waals surface area contributed by atoms with Gasteiger partial charge < -0.3 is 10.6 Å². The van der Waals surface area contributed by atoms with Crippen LogP contribution >= 0.6 is 11.8 Å². The van der Waals surface area contributed by atoms with E-state index in [2.05, 4.69) is 4.98 Å². The van der Waals surface area contributed by atoms with E-state index in [1.54, 1.807) is 0 Å². The molecule has 0 radical (unpaired) electrons. The second-order valence-electron chi connectivity index (χ2n) is 7.46. The predicted octanol–water partition coefficient (Wildman–Crippen LogP) is 3.40. The van der Waals surface area contributed by atoms with Crippen LogP contribution in [0.5, 0.6) is 0 Å². The van der Waals surface area contributed by atoms with E-state index >= 15 is 0 Å². The smallest absolute Gasteiger partial charge is 0.330 e. The third-order valence-corrected chi connectivity index (χ3v) is 6.53. The molecule has 1 amide bonds. The highest BCUT2D eigenvalue weighted by molar-refractivity contribution is 8.00. The number of nitrogen functional groups attached to an aromatic ring is 1. The topological polar surface area (TPSA) is 101 Å². The Hall–Kier alpha value is -3.26. The first kappa shape index (κ1) is 23.4. The molecule has 8 heteroatoms. The summed E-state index contributed by atoms with van der Waals surface area (Å²) in [6.07, 6.45) is 1.60. The number of aromatic amines is 1. The molecule has 1 heterocycles. The third-order valence-electron chi connectivity index (χ3n) is 5.24. The molecule has 0 aliphatic heterocycles. The fourth-order valence-corrected chi connectivity index (χ4v) is 4.66. The Bertz CT molecular complexity index is 1120. The van der Waals surface area contributed by atoms with E-state index in [1.807, 2.05) is 67.6 Å². The first-order chi connectivity index (χ1) is 15.4. The quantitative estimate of drug-likeness (QED) is 0.518. The van der Waals surface area contributed by atoms with Crippen molar-refractivity contribution < 1.29 is 4.79 Å². The lowest BCUT2D eigenvalue weighted by Crippen LogP contribution is -2.40. The number of thioether (sulfide) groups is 1. The van der Waals surface area contributed by atoms with Crippen molar-refractivity contribution in [2.24, 2.45) is 0 Å². The van der Waals surface area contributed by atoms with E-state index in [0.717, 1.165) is 24.0 Å². The van der Waals surface area contributed by atoms with Gasteiger partial charge in [0.25, 0.3) is 5.56 Å². The highest BCUT2D eigenvalue weighted by Gasteiger charge is 2.23. The van der Waals surface area contributed by atoms with Crippen LogP contribution in [0.1, 0.15) is 36.1 Å². The summed E-state index contributed by atoms with van der Waals surface area (Å²) < 4.78 is 1.31. The van der Waals surface area contributed by atoms with Crippen molar-refractivity contribution in [1.82, 2.24) is 9.55 Å². The lowest BCUT2D eigenvalue weighted by Gasteiger charge is -2.22. The van der Waals surface area contributed by atoms with Gasteiger partial charge in [-0.15, -0.1) is 11.8 Å². The first-order valence-electron chi connectivity index (χ1n) is 10.5. The number of carbonyl (C=O) groups is 1. The summed E-state index contributed by atoms with van der Waals surface area (Å²) in [6, 6.07) is 19.9. The first-order valence-corrected chi connectivity index (χ1v) is 11.6. The second-order valence-corrected chi connectivity index (χ2v) is 8.56. The molecule has 2 aromatic carbocycles. The van der Waals surface area contributed by atoms with Crippen LogP contribution < -0.4 is 21.9 Å². The van der Waals surface area contributed by atoms with Crippen LogP contribution in [-0.2, 0) is 11.3 Å². The van der Waals surface area contributed by atoms with Crippen molar-refractivity contribution in [3.8, 4) is 0 Å². The molecule has 168 valence electrons. The van der Waals surface area contributed by atoms with Gasteiger partial charge in [0, 0.05) is 13.6 Å². The summed E-state index contributed by atoms with van der Waals surface area (Å²) >= 11 is 1.48. The van der Waals surface area contributed by atoms with Crippen molar-refractivity contribution in [3.63, 3.8) is 0 Å². The molecule has 0 aliphatic rings. The van der Waals surface area contributed by atoms with Crippen molar-refractivity contribution in [1.29, 1.82) is 0 Å². The molecule has 3 rings (SSSR count). The molecule has 0 atom stereocenters. The van der Waals surface area contributed by atoms with Gasteiger partial charge in [0.1, 0.15) is 5.82 Å². The van der Waals surface area contributed by atoms with Crippen molar-refractivity contribution in [3.05, 3.63) is 92.6 Å². The largest absolute Gasteiger partial charge is 0.383 e. The maximum Gasteiger partial charge on any atom is 0.330 e. The van der Waals surface area contributed by atoms with E-state index in [1.165, 1.54) is 28.3 Å². The fourth-order valence-electron chi connectivity index (χ4n) is 3.46. The Balaban J connectivity index is 1.83. The van der Waals surface area contributed by atoms with Gasteiger partial charge in [-0.1, -0.05) is 74.0 Å². The van der Waals surface area contributed by atoms with E-state index in [0.29, 0.717) is 6.54 Å². The van der Waals surface area contributed by atoms with Crippen LogP contribution in [0.4, 0.5) is 11.5 Å². The second kappa shape index (κ2) is 10.9. The number of rotatable bonds is 9. The number of nitrogens with zero attached hydrogens (tertiary/aromatic N) is 2. The van der Waals surface area contributed by atoms with Crippen LogP contribution in [0.2, 0.25) is 0 Å². The minimum absolute atomic E-state index is 0.00211. The van der Waals surface area contributed by atoms with E-state index in [4.69, 9.17) is 5.73 Å². The zero-order chi connectivity index (χ0) is 23.1. The number of hydrogen-bond donors (Lipinski definition) is 2. The number of carbonyl (C=O) groups excluding carboxylic acids is 1. The number of benzene rings is 2. The van der Waals surface area contributed by atoms with Gasteiger partial charge in [-0.2, -0.15) is 0 Å². The molecule has 0 fully saturated rings. The number of hydrogen-bond acceptors (Lipinski definition) is 5. The summed E-state index contributed by atoms with van der Waals surface area (Å²) in [5.74, 6) is -0.127. The molecule has 3 N–H and O–H groups in total. The Kier molecular flexibility index (Phi) is 7.94. The van der Waals surface area contributed by atoms with E-state index in [9.17, 15) is 14.4 Å². The van der Waals surface area contributed by atoms with Crippen LogP contribution in [0.15, 0.2) is 70.3 Å². The third kappa shape index (κ3) is 5.31.